The minimum atomic E-state index is -4.49. The fourth-order valence-corrected chi connectivity index (χ4v) is 2.64. The average Bonchev–Trinajstić information content (AvgIpc) is 2.62. The minimum absolute atomic E-state index is 0.0635. The van der Waals surface area contributed by atoms with Gasteiger partial charge in [-0.15, -0.1) is 0 Å². The molecule has 0 saturated heterocycles. The highest BCUT2D eigenvalue weighted by Gasteiger charge is 2.30. The van der Waals surface area contributed by atoms with E-state index in [1.165, 1.54) is 6.92 Å². The lowest BCUT2D eigenvalue weighted by Crippen LogP contribution is -2.30. The number of nitrogens with one attached hydrogen (secondary N) is 1. The van der Waals surface area contributed by atoms with E-state index in [1.54, 1.807) is 0 Å². The van der Waals surface area contributed by atoms with E-state index < -0.39 is 29.7 Å². The number of amides is 1. The summed E-state index contributed by atoms with van der Waals surface area (Å²) in [5.41, 5.74) is 1.57. The molecule has 28 heavy (non-hydrogen) atoms. The number of carbonyl (C=O) groups is 2. The molecule has 0 fully saturated rings. The summed E-state index contributed by atoms with van der Waals surface area (Å²) in [5, 5.41) is 2.78. The van der Waals surface area contributed by atoms with Gasteiger partial charge in [-0.25, -0.2) is 4.79 Å². The molecule has 1 N–H and O–H groups in total. The largest absolute Gasteiger partial charge is 0.449 e. The van der Waals surface area contributed by atoms with Crippen LogP contribution < -0.4 is 5.32 Å². The number of halogens is 3. The number of alkyl halides is 3. The molecule has 0 radical (unpaired) electrons. The van der Waals surface area contributed by atoms with Gasteiger partial charge in [-0.3, -0.25) is 4.79 Å². The molecular weight excluding hydrogens is 371 g/mol. The Labute approximate surface area is 161 Å². The van der Waals surface area contributed by atoms with E-state index in [2.05, 4.69) is 5.32 Å². The van der Waals surface area contributed by atoms with Gasteiger partial charge >= 0.3 is 12.1 Å². The first-order valence-electron chi connectivity index (χ1n) is 8.79. The third kappa shape index (κ3) is 5.12. The van der Waals surface area contributed by atoms with Crippen molar-refractivity contribution in [3.63, 3.8) is 0 Å². The third-order valence-electron chi connectivity index (χ3n) is 4.28. The number of hydrogen-bond donors (Lipinski definition) is 1. The van der Waals surface area contributed by atoms with Crippen LogP contribution in [-0.2, 0) is 15.7 Å². The molecule has 0 bridgehead atoms. The molecule has 7 heteroatoms. The Kier molecular flexibility index (Phi) is 6.48. The van der Waals surface area contributed by atoms with Crippen LogP contribution in [-0.4, -0.2) is 18.0 Å². The van der Waals surface area contributed by atoms with Crippen molar-refractivity contribution >= 4 is 17.6 Å². The van der Waals surface area contributed by atoms with Crippen molar-refractivity contribution in [1.82, 2.24) is 0 Å². The highest BCUT2D eigenvalue weighted by atomic mass is 19.4. The number of rotatable bonds is 5. The van der Waals surface area contributed by atoms with Crippen molar-refractivity contribution in [2.75, 3.05) is 5.32 Å². The summed E-state index contributed by atoms with van der Waals surface area (Å²) in [6.45, 7) is 7.27. The van der Waals surface area contributed by atoms with E-state index in [0.717, 1.165) is 35.4 Å². The molecular formula is C21H22F3NO3. The van der Waals surface area contributed by atoms with Crippen LogP contribution in [0.3, 0.4) is 0 Å². The van der Waals surface area contributed by atoms with Gasteiger partial charge in [-0.1, -0.05) is 32.0 Å². The summed E-state index contributed by atoms with van der Waals surface area (Å²) >= 11 is 0. The van der Waals surface area contributed by atoms with Crippen LogP contribution in [0.4, 0.5) is 18.9 Å². The van der Waals surface area contributed by atoms with Gasteiger partial charge < -0.3 is 10.1 Å². The Balaban J connectivity index is 2.08. The van der Waals surface area contributed by atoms with Crippen LogP contribution in [0, 0.1) is 6.92 Å². The molecule has 2 rings (SSSR count). The summed E-state index contributed by atoms with van der Waals surface area (Å²) < 4.78 is 42.9. The SMILES string of the molecule is Cc1cccc(C(C)C)c1NC(=O)[C@@H](C)OC(=O)c1ccc(C(F)(F)F)cc1. The van der Waals surface area contributed by atoms with E-state index in [0.29, 0.717) is 5.69 Å². The lowest BCUT2D eigenvalue weighted by Gasteiger charge is -2.19. The summed E-state index contributed by atoms with van der Waals surface area (Å²) in [6, 6.07) is 9.30. The van der Waals surface area contributed by atoms with Crippen LogP contribution in [0.2, 0.25) is 0 Å². The van der Waals surface area contributed by atoms with Gasteiger partial charge in [0.05, 0.1) is 11.1 Å². The molecule has 0 unspecified atom stereocenters. The summed E-state index contributed by atoms with van der Waals surface area (Å²) in [4.78, 5) is 24.6. The quantitative estimate of drug-likeness (QED) is 0.700. The Morgan fingerprint density at radius 1 is 1.00 bits per heavy atom. The second-order valence-electron chi connectivity index (χ2n) is 6.81. The fraction of sp³-hybridized carbons (Fsp3) is 0.333. The number of esters is 1. The van der Waals surface area contributed by atoms with Crippen molar-refractivity contribution in [2.24, 2.45) is 0 Å². The smallest absolute Gasteiger partial charge is 0.416 e. The number of para-hydroxylation sites is 1. The topological polar surface area (TPSA) is 55.4 Å². The number of benzene rings is 2. The average molecular weight is 393 g/mol. The van der Waals surface area contributed by atoms with Crippen molar-refractivity contribution in [3.05, 3.63) is 64.7 Å². The van der Waals surface area contributed by atoms with E-state index in [9.17, 15) is 22.8 Å². The molecule has 1 amide bonds. The van der Waals surface area contributed by atoms with Crippen LogP contribution >= 0.6 is 0 Å². The first kappa shape index (κ1) is 21.5. The first-order chi connectivity index (χ1) is 13.0. The molecule has 0 aliphatic rings. The lowest BCUT2D eigenvalue weighted by atomic mass is 9.98. The Bertz CT molecular complexity index is 858. The van der Waals surface area contributed by atoms with Gasteiger partial charge in [0.2, 0.25) is 0 Å². The minimum Gasteiger partial charge on any atom is -0.449 e. The van der Waals surface area contributed by atoms with Crippen molar-refractivity contribution in [1.29, 1.82) is 0 Å². The van der Waals surface area contributed by atoms with E-state index in [4.69, 9.17) is 4.74 Å². The highest BCUT2D eigenvalue weighted by molar-refractivity contribution is 5.98. The Morgan fingerprint density at radius 3 is 2.14 bits per heavy atom. The van der Waals surface area contributed by atoms with Gasteiger partial charge in [0.15, 0.2) is 6.10 Å². The maximum absolute atomic E-state index is 12.6. The zero-order valence-electron chi connectivity index (χ0n) is 16.1. The molecule has 0 saturated carbocycles. The van der Waals surface area contributed by atoms with E-state index >= 15 is 0 Å². The molecule has 0 aliphatic heterocycles. The molecule has 4 nitrogen and oxygen atoms in total. The Hall–Kier alpha value is -2.83. The van der Waals surface area contributed by atoms with Crippen LogP contribution in [0.25, 0.3) is 0 Å². The normalized spacial score (nSPS) is 12.6. The molecule has 2 aromatic rings. The van der Waals surface area contributed by atoms with Gasteiger partial charge in [0.1, 0.15) is 0 Å². The third-order valence-corrected chi connectivity index (χ3v) is 4.28. The number of hydrogen-bond acceptors (Lipinski definition) is 3. The summed E-state index contributed by atoms with van der Waals surface area (Å²) in [7, 11) is 0. The van der Waals surface area contributed by atoms with Gasteiger partial charge in [-0.05, 0) is 55.2 Å². The molecule has 2 aromatic carbocycles. The number of ether oxygens (including phenoxy) is 1. The van der Waals surface area contributed by atoms with Gasteiger partial charge in [-0.2, -0.15) is 13.2 Å². The van der Waals surface area contributed by atoms with E-state index in [1.807, 2.05) is 39.0 Å². The standard InChI is InChI=1S/C21H22F3NO3/c1-12(2)17-7-5-6-13(3)18(17)25-19(26)14(4)28-20(27)15-8-10-16(11-9-15)21(22,23)24/h5-12,14H,1-4H3,(H,25,26)/t14-/m1/s1. The van der Waals surface area contributed by atoms with Crippen molar-refractivity contribution < 1.29 is 27.5 Å². The number of anilines is 1. The zero-order valence-corrected chi connectivity index (χ0v) is 16.1. The predicted molar refractivity (Wildman–Crippen MR) is 100 cm³/mol. The van der Waals surface area contributed by atoms with Crippen LogP contribution in [0.1, 0.15) is 53.7 Å². The second-order valence-corrected chi connectivity index (χ2v) is 6.81. The van der Waals surface area contributed by atoms with Crippen molar-refractivity contribution in [2.45, 2.75) is 45.9 Å². The zero-order chi connectivity index (χ0) is 21.1. The molecule has 1 atom stereocenters. The Morgan fingerprint density at radius 2 is 1.61 bits per heavy atom. The monoisotopic (exact) mass is 393 g/mol. The highest BCUT2D eigenvalue weighted by Crippen LogP contribution is 2.29. The van der Waals surface area contributed by atoms with E-state index in [-0.39, 0.29) is 11.5 Å². The fourth-order valence-electron chi connectivity index (χ4n) is 2.64. The van der Waals surface area contributed by atoms with Gasteiger partial charge in [0.25, 0.3) is 5.91 Å². The molecule has 0 aliphatic carbocycles. The second kappa shape index (κ2) is 8.46. The van der Waals surface area contributed by atoms with Crippen molar-refractivity contribution in [3.8, 4) is 0 Å². The first-order valence-corrected chi connectivity index (χ1v) is 8.79. The number of carbonyl (C=O) groups excluding carboxylic acids is 2. The van der Waals surface area contributed by atoms with Crippen LogP contribution in [0.15, 0.2) is 42.5 Å². The molecule has 150 valence electrons. The van der Waals surface area contributed by atoms with Gasteiger partial charge in [0, 0.05) is 5.69 Å². The maximum atomic E-state index is 12.6. The molecule has 0 heterocycles. The number of aryl methyl sites for hydroxylation is 1. The van der Waals surface area contributed by atoms with Crippen LogP contribution in [0.5, 0.6) is 0 Å². The maximum Gasteiger partial charge on any atom is 0.416 e. The molecule has 0 spiro atoms. The lowest BCUT2D eigenvalue weighted by molar-refractivity contribution is -0.137. The summed E-state index contributed by atoms with van der Waals surface area (Å²) in [6.07, 6.45) is -5.61. The summed E-state index contributed by atoms with van der Waals surface area (Å²) in [5.74, 6) is -1.21. The predicted octanol–water partition coefficient (Wildman–Crippen LogP) is 5.32. The molecule has 0 aromatic heterocycles.